The molecule has 0 saturated carbocycles. The number of aryl methyl sites for hydroxylation is 1. The molecule has 1 N–H and O–H groups in total. The molecule has 0 amide bonds. The van der Waals surface area contributed by atoms with Crippen LogP contribution in [0.2, 0.25) is 0 Å². The molecule has 0 saturated heterocycles. The standard InChI is InChI=1S/C10H12F3NO3S/c1-2-6-8(9(15)16)18-7(14-6)3-4-17-5-10(11,12)13/h2-5H2,1H3,(H,15,16). The first-order valence-electron chi connectivity index (χ1n) is 5.20. The van der Waals surface area contributed by atoms with Crippen LogP contribution in [0.4, 0.5) is 13.2 Å². The minimum Gasteiger partial charge on any atom is -0.477 e. The topological polar surface area (TPSA) is 59.4 Å². The van der Waals surface area contributed by atoms with Gasteiger partial charge in [-0.2, -0.15) is 13.2 Å². The molecule has 0 aliphatic rings. The summed E-state index contributed by atoms with van der Waals surface area (Å²) in [7, 11) is 0. The Morgan fingerprint density at radius 3 is 2.61 bits per heavy atom. The molecular weight excluding hydrogens is 271 g/mol. The number of aromatic carboxylic acids is 1. The molecule has 102 valence electrons. The molecule has 0 spiro atoms. The van der Waals surface area contributed by atoms with Crippen LogP contribution in [0.15, 0.2) is 0 Å². The van der Waals surface area contributed by atoms with Crippen LogP contribution in [-0.2, 0) is 17.6 Å². The van der Waals surface area contributed by atoms with E-state index < -0.39 is 18.8 Å². The fourth-order valence-electron chi connectivity index (χ4n) is 1.26. The molecule has 18 heavy (non-hydrogen) atoms. The molecule has 0 bridgehead atoms. The zero-order valence-electron chi connectivity index (χ0n) is 9.58. The van der Waals surface area contributed by atoms with Crippen molar-refractivity contribution in [2.24, 2.45) is 0 Å². The van der Waals surface area contributed by atoms with Crippen molar-refractivity contribution in [2.75, 3.05) is 13.2 Å². The highest BCUT2D eigenvalue weighted by molar-refractivity contribution is 7.13. The largest absolute Gasteiger partial charge is 0.477 e. The molecule has 1 rings (SSSR count). The average Bonchev–Trinajstić information content (AvgIpc) is 2.66. The number of alkyl halides is 3. The van der Waals surface area contributed by atoms with Crippen LogP contribution in [0, 0.1) is 0 Å². The molecule has 4 nitrogen and oxygen atoms in total. The number of hydrogen-bond donors (Lipinski definition) is 1. The summed E-state index contributed by atoms with van der Waals surface area (Å²) < 4.78 is 39.8. The first-order chi connectivity index (χ1) is 8.33. The molecule has 8 heteroatoms. The minimum absolute atomic E-state index is 0.130. The molecule has 0 aliphatic heterocycles. The van der Waals surface area contributed by atoms with E-state index >= 15 is 0 Å². The monoisotopic (exact) mass is 283 g/mol. The molecule has 1 heterocycles. The Kier molecular flexibility index (Phi) is 5.09. The summed E-state index contributed by atoms with van der Waals surface area (Å²) in [6, 6.07) is 0. The number of thiazole rings is 1. The van der Waals surface area contributed by atoms with Crippen LogP contribution in [0.3, 0.4) is 0 Å². The summed E-state index contributed by atoms with van der Waals surface area (Å²) in [6.07, 6.45) is -3.69. The van der Waals surface area contributed by atoms with Crippen molar-refractivity contribution >= 4 is 17.3 Å². The van der Waals surface area contributed by atoms with E-state index in [4.69, 9.17) is 5.11 Å². The number of carbonyl (C=O) groups is 1. The maximum absolute atomic E-state index is 11.8. The van der Waals surface area contributed by atoms with Gasteiger partial charge in [0.2, 0.25) is 0 Å². The summed E-state index contributed by atoms with van der Waals surface area (Å²) in [5, 5.41) is 9.36. The van der Waals surface area contributed by atoms with Gasteiger partial charge in [-0.1, -0.05) is 6.92 Å². The van der Waals surface area contributed by atoms with Crippen LogP contribution in [0.1, 0.15) is 27.3 Å². The zero-order valence-corrected chi connectivity index (χ0v) is 10.4. The van der Waals surface area contributed by atoms with E-state index in [-0.39, 0.29) is 17.9 Å². The minimum atomic E-state index is -4.34. The summed E-state index contributed by atoms with van der Waals surface area (Å²) in [5.74, 6) is -1.06. The first kappa shape index (κ1) is 14.9. The predicted octanol–water partition coefficient (Wildman–Crippen LogP) is 2.53. The maximum atomic E-state index is 11.8. The van der Waals surface area contributed by atoms with Crippen LogP contribution in [0.5, 0.6) is 0 Å². The van der Waals surface area contributed by atoms with Gasteiger partial charge in [0.05, 0.1) is 17.3 Å². The van der Waals surface area contributed by atoms with Crippen molar-refractivity contribution in [1.29, 1.82) is 0 Å². The fourth-order valence-corrected chi connectivity index (χ4v) is 2.23. The Hall–Kier alpha value is -1.15. The Morgan fingerprint density at radius 1 is 1.50 bits per heavy atom. The highest BCUT2D eigenvalue weighted by Crippen LogP contribution is 2.20. The van der Waals surface area contributed by atoms with Gasteiger partial charge in [0, 0.05) is 6.42 Å². The number of hydrogen-bond acceptors (Lipinski definition) is 4. The van der Waals surface area contributed by atoms with Gasteiger partial charge in [0.25, 0.3) is 0 Å². The van der Waals surface area contributed by atoms with Crippen LogP contribution in [-0.4, -0.2) is 35.4 Å². The third kappa shape index (κ3) is 4.61. The maximum Gasteiger partial charge on any atom is 0.411 e. The normalized spacial score (nSPS) is 11.8. The second kappa shape index (κ2) is 6.14. The van der Waals surface area contributed by atoms with Crippen LogP contribution >= 0.6 is 11.3 Å². The van der Waals surface area contributed by atoms with E-state index in [1.165, 1.54) is 0 Å². The predicted molar refractivity (Wildman–Crippen MR) is 59.0 cm³/mol. The van der Waals surface area contributed by atoms with E-state index in [1.807, 2.05) is 0 Å². The quantitative estimate of drug-likeness (QED) is 0.815. The SMILES string of the molecule is CCc1nc(CCOCC(F)(F)F)sc1C(=O)O. The van der Waals surface area contributed by atoms with Gasteiger partial charge in [-0.05, 0) is 6.42 Å². The van der Waals surface area contributed by atoms with Crippen molar-refractivity contribution in [3.63, 3.8) is 0 Å². The van der Waals surface area contributed by atoms with Gasteiger partial charge in [0.15, 0.2) is 0 Å². The lowest BCUT2D eigenvalue weighted by Crippen LogP contribution is -2.17. The fraction of sp³-hybridized carbons (Fsp3) is 0.600. The number of carboxylic acid groups (broad SMARTS) is 1. The molecule has 0 aliphatic carbocycles. The van der Waals surface area contributed by atoms with Crippen molar-refractivity contribution in [3.05, 3.63) is 15.6 Å². The zero-order chi connectivity index (χ0) is 13.8. The lowest BCUT2D eigenvalue weighted by atomic mass is 10.3. The molecule has 0 fully saturated rings. The van der Waals surface area contributed by atoms with E-state index in [2.05, 4.69) is 9.72 Å². The summed E-state index contributed by atoms with van der Waals surface area (Å²) in [6.45, 7) is 0.339. The third-order valence-electron chi connectivity index (χ3n) is 2.00. The van der Waals surface area contributed by atoms with E-state index in [9.17, 15) is 18.0 Å². The number of halogens is 3. The highest BCUT2D eigenvalue weighted by Gasteiger charge is 2.27. The van der Waals surface area contributed by atoms with Gasteiger partial charge < -0.3 is 9.84 Å². The molecule has 0 unspecified atom stereocenters. The molecule has 0 atom stereocenters. The smallest absolute Gasteiger partial charge is 0.411 e. The van der Waals surface area contributed by atoms with Gasteiger partial charge in [-0.25, -0.2) is 9.78 Å². The van der Waals surface area contributed by atoms with E-state index in [1.54, 1.807) is 6.92 Å². The van der Waals surface area contributed by atoms with Gasteiger partial charge >= 0.3 is 12.1 Å². The Balaban J connectivity index is 2.51. The molecular formula is C10H12F3NO3S. The summed E-state index contributed by atoms with van der Waals surface area (Å²) in [5.41, 5.74) is 0.457. The van der Waals surface area contributed by atoms with Crippen molar-refractivity contribution in [1.82, 2.24) is 4.98 Å². The molecule has 1 aromatic heterocycles. The Labute approximate surface area is 105 Å². The van der Waals surface area contributed by atoms with E-state index in [0.29, 0.717) is 17.1 Å². The number of carboxylic acids is 1. The molecule has 1 aromatic rings. The molecule has 0 radical (unpaired) electrons. The Bertz CT molecular complexity index is 417. The van der Waals surface area contributed by atoms with E-state index in [0.717, 1.165) is 11.3 Å². The summed E-state index contributed by atoms with van der Waals surface area (Å²) >= 11 is 0.978. The Morgan fingerprint density at radius 2 is 2.17 bits per heavy atom. The lowest BCUT2D eigenvalue weighted by Gasteiger charge is -2.05. The summed E-state index contributed by atoms with van der Waals surface area (Å²) in [4.78, 5) is 15.0. The molecule has 0 aromatic carbocycles. The number of aromatic nitrogens is 1. The van der Waals surface area contributed by atoms with Crippen LogP contribution < -0.4 is 0 Å². The number of rotatable bonds is 6. The third-order valence-corrected chi connectivity index (χ3v) is 3.14. The van der Waals surface area contributed by atoms with Gasteiger partial charge in [-0.15, -0.1) is 11.3 Å². The van der Waals surface area contributed by atoms with Gasteiger partial charge in [-0.3, -0.25) is 0 Å². The van der Waals surface area contributed by atoms with Gasteiger partial charge in [0.1, 0.15) is 11.5 Å². The van der Waals surface area contributed by atoms with Crippen LogP contribution in [0.25, 0.3) is 0 Å². The highest BCUT2D eigenvalue weighted by atomic mass is 32.1. The van der Waals surface area contributed by atoms with Crippen molar-refractivity contribution in [3.8, 4) is 0 Å². The second-order valence-corrected chi connectivity index (χ2v) is 4.54. The average molecular weight is 283 g/mol. The van der Waals surface area contributed by atoms with Crippen molar-refractivity contribution in [2.45, 2.75) is 25.9 Å². The first-order valence-corrected chi connectivity index (χ1v) is 6.01. The second-order valence-electron chi connectivity index (χ2n) is 3.46. The number of nitrogens with zero attached hydrogens (tertiary/aromatic N) is 1. The number of ether oxygens (including phenoxy) is 1. The van der Waals surface area contributed by atoms with Crippen molar-refractivity contribution < 1.29 is 27.8 Å². The lowest BCUT2D eigenvalue weighted by molar-refractivity contribution is -0.173.